The molecule has 1 aromatic carbocycles. The van der Waals surface area contributed by atoms with Crippen molar-refractivity contribution >= 4 is 5.78 Å². The summed E-state index contributed by atoms with van der Waals surface area (Å²) in [5, 5.41) is 13.4. The molecule has 0 spiro atoms. The van der Waals surface area contributed by atoms with E-state index in [0.29, 0.717) is 5.92 Å². The topological polar surface area (TPSA) is 78.5 Å². The molecule has 0 saturated carbocycles. The molecular weight excluding hydrogens is 354 g/mol. The predicted molar refractivity (Wildman–Crippen MR) is 105 cm³/mol. The molecular formula is C21H31N5O2. The van der Waals surface area contributed by atoms with Gasteiger partial charge in [-0.15, -0.1) is 0 Å². The Kier molecular flexibility index (Phi) is 7.03. The molecule has 1 aliphatic rings. The molecule has 1 atom stereocenters. The normalized spacial score (nSPS) is 16.5. The minimum Gasteiger partial charge on any atom is -0.380 e. The van der Waals surface area contributed by atoms with Gasteiger partial charge in [0.1, 0.15) is 0 Å². The van der Waals surface area contributed by atoms with Gasteiger partial charge in [0.25, 0.3) is 11.8 Å². The third kappa shape index (κ3) is 5.32. The maximum absolute atomic E-state index is 13.2. The maximum Gasteiger partial charge on any atom is 0.286 e. The van der Waals surface area contributed by atoms with Gasteiger partial charge in [-0.1, -0.05) is 68.2 Å². The summed E-state index contributed by atoms with van der Waals surface area (Å²) in [7, 11) is 0. The summed E-state index contributed by atoms with van der Waals surface area (Å²) in [6.07, 6.45) is 5.90. The zero-order valence-electron chi connectivity index (χ0n) is 16.9. The average molecular weight is 386 g/mol. The van der Waals surface area contributed by atoms with Crippen LogP contribution in [-0.2, 0) is 0 Å². The molecule has 0 amide bonds. The number of carbonyl (C=O) groups excluding carboxylic acids is 1. The van der Waals surface area contributed by atoms with Gasteiger partial charge < -0.3 is 4.52 Å². The smallest absolute Gasteiger partial charge is 0.286 e. The Morgan fingerprint density at radius 3 is 2.43 bits per heavy atom. The molecule has 0 aliphatic carbocycles. The molecule has 2 aromatic rings. The van der Waals surface area contributed by atoms with Gasteiger partial charge in [-0.2, -0.15) is 0 Å². The largest absolute Gasteiger partial charge is 0.380 e. The first-order valence-electron chi connectivity index (χ1n) is 10.2. The Balaban J connectivity index is 1.64. The van der Waals surface area contributed by atoms with E-state index >= 15 is 0 Å². The van der Waals surface area contributed by atoms with Crippen LogP contribution in [0.5, 0.6) is 0 Å². The van der Waals surface area contributed by atoms with Crippen LogP contribution < -0.4 is 20.6 Å². The molecule has 1 N–H and O–H groups in total. The molecule has 7 nitrogen and oxygen atoms in total. The summed E-state index contributed by atoms with van der Waals surface area (Å²) in [5.74, 6) is 0.925. The van der Waals surface area contributed by atoms with Crippen molar-refractivity contribution in [3.05, 3.63) is 47.6 Å². The summed E-state index contributed by atoms with van der Waals surface area (Å²) < 4.78 is 4.84. The van der Waals surface area contributed by atoms with Crippen LogP contribution in [0.2, 0.25) is 0 Å². The summed E-state index contributed by atoms with van der Waals surface area (Å²) in [5.41, 5.74) is 0.841. The van der Waals surface area contributed by atoms with E-state index in [1.807, 2.05) is 35.3 Å². The maximum atomic E-state index is 13.2. The fourth-order valence-corrected chi connectivity index (χ4v) is 3.76. The number of carbonyl (C=O) groups is 1. The van der Waals surface area contributed by atoms with Crippen LogP contribution in [0.3, 0.4) is 0 Å². The fourth-order valence-electron chi connectivity index (χ4n) is 3.76. The third-order valence-corrected chi connectivity index (χ3v) is 5.35. The summed E-state index contributed by atoms with van der Waals surface area (Å²) >= 11 is 0. The highest BCUT2D eigenvalue weighted by atomic mass is 16.5. The molecule has 1 fully saturated rings. The number of aromatic nitrogens is 2. The number of rotatable bonds is 9. The number of hydrogen-bond donors (Lipinski definition) is 1. The second kappa shape index (κ2) is 9.68. The number of nitrogens with zero attached hydrogens (tertiary/aromatic N) is 4. The first-order chi connectivity index (χ1) is 13.5. The van der Waals surface area contributed by atoms with E-state index in [0.717, 1.165) is 51.0 Å². The quantitative estimate of drug-likeness (QED) is 0.404. The first kappa shape index (κ1) is 20.3. The van der Waals surface area contributed by atoms with Gasteiger partial charge >= 0.3 is 0 Å². The van der Waals surface area contributed by atoms with E-state index in [1.165, 1.54) is 6.42 Å². The monoisotopic (exact) mass is 385 g/mol. The SMILES string of the molecule is CC(C)CCCCC(C(=O)c1ccccc1)N1CCN([n+]2cc(=N)o[n-]2)CC1. The fraction of sp³-hybridized carbons (Fsp3) is 0.571. The first-order valence-corrected chi connectivity index (χ1v) is 10.2. The molecule has 28 heavy (non-hydrogen) atoms. The lowest BCUT2D eigenvalue weighted by molar-refractivity contribution is -0.764. The number of hydrogen-bond acceptors (Lipinski definition) is 5. The molecule has 1 aliphatic heterocycles. The van der Waals surface area contributed by atoms with Gasteiger partial charge in [0, 0.05) is 31.7 Å². The Morgan fingerprint density at radius 1 is 1.14 bits per heavy atom. The Morgan fingerprint density at radius 2 is 1.82 bits per heavy atom. The molecule has 1 saturated heterocycles. The number of benzene rings is 1. The Labute approximate surface area is 166 Å². The molecule has 0 radical (unpaired) electrons. The minimum absolute atomic E-state index is 0.0460. The lowest BCUT2D eigenvalue weighted by Crippen LogP contribution is -2.67. The lowest BCUT2D eigenvalue weighted by Gasteiger charge is -2.39. The summed E-state index contributed by atoms with van der Waals surface area (Å²) in [6, 6.07) is 9.57. The Hall–Kier alpha value is -2.41. The zero-order chi connectivity index (χ0) is 19.9. The highest BCUT2D eigenvalue weighted by Crippen LogP contribution is 2.18. The number of ketones is 1. The molecule has 7 heteroatoms. The molecule has 3 rings (SSSR count). The van der Waals surface area contributed by atoms with Crippen molar-refractivity contribution in [1.82, 2.24) is 10.2 Å². The molecule has 152 valence electrons. The van der Waals surface area contributed by atoms with Gasteiger partial charge in [-0.3, -0.25) is 20.1 Å². The third-order valence-electron chi connectivity index (χ3n) is 5.35. The van der Waals surface area contributed by atoms with Crippen molar-refractivity contribution in [2.24, 2.45) is 5.92 Å². The molecule has 1 unspecified atom stereocenters. The van der Waals surface area contributed by atoms with Gasteiger partial charge in [-0.25, -0.2) is 0 Å². The van der Waals surface area contributed by atoms with E-state index in [1.54, 1.807) is 11.0 Å². The van der Waals surface area contributed by atoms with E-state index in [2.05, 4.69) is 24.0 Å². The van der Waals surface area contributed by atoms with Crippen molar-refractivity contribution in [3.63, 3.8) is 0 Å². The van der Waals surface area contributed by atoms with Crippen LogP contribution in [0.25, 0.3) is 0 Å². The minimum atomic E-state index is -0.0780. The van der Waals surface area contributed by atoms with Crippen molar-refractivity contribution in [2.45, 2.75) is 45.6 Å². The molecule has 0 bridgehead atoms. The van der Waals surface area contributed by atoms with Crippen molar-refractivity contribution in [3.8, 4) is 0 Å². The van der Waals surface area contributed by atoms with E-state index in [4.69, 9.17) is 9.93 Å². The highest BCUT2D eigenvalue weighted by Gasteiger charge is 2.29. The van der Waals surface area contributed by atoms with Crippen LogP contribution in [0.4, 0.5) is 0 Å². The second-order valence-corrected chi connectivity index (χ2v) is 7.90. The molecule has 1 aromatic heterocycles. The van der Waals surface area contributed by atoms with Gasteiger partial charge in [0.05, 0.1) is 6.04 Å². The van der Waals surface area contributed by atoms with Crippen LogP contribution in [0.1, 0.15) is 49.9 Å². The van der Waals surface area contributed by atoms with Gasteiger partial charge in [-0.05, 0) is 17.6 Å². The van der Waals surface area contributed by atoms with Crippen LogP contribution in [0.15, 0.2) is 41.1 Å². The number of Topliss-reactive ketones (excluding diaryl/α,β-unsaturated/α-hetero) is 1. The summed E-state index contributed by atoms with van der Waals surface area (Å²) in [4.78, 5) is 17.1. The van der Waals surface area contributed by atoms with Crippen LogP contribution in [-0.4, -0.2) is 42.9 Å². The van der Waals surface area contributed by atoms with Crippen molar-refractivity contribution < 1.29 is 14.1 Å². The number of piperazine rings is 1. The van der Waals surface area contributed by atoms with E-state index in [-0.39, 0.29) is 17.4 Å². The predicted octanol–water partition coefficient (Wildman–Crippen LogP) is 1.73. The van der Waals surface area contributed by atoms with Gasteiger partial charge in [0.15, 0.2) is 5.78 Å². The second-order valence-electron chi connectivity index (χ2n) is 7.90. The van der Waals surface area contributed by atoms with E-state index < -0.39 is 0 Å². The van der Waals surface area contributed by atoms with Crippen LogP contribution >= 0.6 is 0 Å². The van der Waals surface area contributed by atoms with Crippen molar-refractivity contribution in [2.75, 3.05) is 31.2 Å². The zero-order valence-corrected chi connectivity index (χ0v) is 16.9. The average Bonchev–Trinajstić information content (AvgIpc) is 3.14. The summed E-state index contributed by atoms with van der Waals surface area (Å²) in [6.45, 7) is 7.58. The van der Waals surface area contributed by atoms with Crippen molar-refractivity contribution in [1.29, 1.82) is 5.41 Å². The number of nitrogens with one attached hydrogen (secondary N) is 1. The molecule has 2 heterocycles. The van der Waals surface area contributed by atoms with E-state index in [9.17, 15) is 4.79 Å². The lowest BCUT2D eigenvalue weighted by atomic mass is 9.95. The standard InChI is InChI=1S/C21H31N5O2/c1-17(2)8-6-7-11-19(21(27)18-9-4-3-5-10-18)24-12-14-25(15-13-24)26-16-20(22)28-23-26/h3-5,9-10,16-17,19,22H,6-8,11-15H2,1-2H3. The Bertz CT molecular complexity index is 790. The van der Waals surface area contributed by atoms with Crippen LogP contribution in [0, 0.1) is 11.3 Å². The van der Waals surface area contributed by atoms with Gasteiger partial charge in [0.2, 0.25) is 0 Å². The highest BCUT2D eigenvalue weighted by molar-refractivity contribution is 6.00. The number of unbranched alkanes of at least 4 members (excludes halogenated alkanes) is 1.